The highest BCUT2D eigenvalue weighted by atomic mass is 16.3. The second-order valence-electron chi connectivity index (χ2n) is 3.46. The molecule has 0 amide bonds. The van der Waals surface area contributed by atoms with Crippen LogP contribution in [0, 0.1) is 0 Å². The predicted octanol–water partition coefficient (Wildman–Crippen LogP) is 2.55. The molecule has 0 aliphatic carbocycles. The summed E-state index contributed by atoms with van der Waals surface area (Å²) in [5.74, 6) is -0.0907. The van der Waals surface area contributed by atoms with Crippen molar-refractivity contribution in [3.8, 4) is 17.2 Å². The Balaban J connectivity index is 2.36. The highest BCUT2D eigenvalue weighted by Gasteiger charge is 2.04. The summed E-state index contributed by atoms with van der Waals surface area (Å²) in [4.78, 5) is 4.00. The van der Waals surface area contributed by atoms with Gasteiger partial charge >= 0.3 is 0 Å². The highest BCUT2D eigenvalue weighted by Crippen LogP contribution is 2.28. The van der Waals surface area contributed by atoms with Crippen molar-refractivity contribution < 1.29 is 15.3 Å². The molecule has 2 aromatic rings. The monoisotopic (exact) mass is 229 g/mol. The molecule has 0 aliphatic rings. The number of nitrogens with zero attached hydrogens (tertiary/aromatic N) is 1. The highest BCUT2D eigenvalue weighted by molar-refractivity contribution is 5.89. The van der Waals surface area contributed by atoms with Gasteiger partial charge in [-0.05, 0) is 24.3 Å². The molecule has 0 radical (unpaired) electrons. The fraction of sp³-hybridized carbons (Fsp3) is 0. The molecule has 86 valence electrons. The Morgan fingerprint density at radius 3 is 2.00 bits per heavy atom. The van der Waals surface area contributed by atoms with Crippen LogP contribution in [0.25, 0.3) is 0 Å². The molecule has 0 atom stereocenters. The zero-order valence-corrected chi connectivity index (χ0v) is 8.91. The quantitative estimate of drug-likeness (QED) is 0.693. The summed E-state index contributed by atoms with van der Waals surface area (Å²) in [6.45, 7) is 0. The minimum Gasteiger partial charge on any atom is -0.507 e. The molecular weight excluding hydrogens is 218 g/mol. The van der Waals surface area contributed by atoms with Gasteiger partial charge in [0, 0.05) is 6.21 Å². The van der Waals surface area contributed by atoms with Crippen molar-refractivity contribution in [1.29, 1.82) is 0 Å². The van der Waals surface area contributed by atoms with Crippen molar-refractivity contribution in [2.24, 2.45) is 4.99 Å². The van der Waals surface area contributed by atoms with E-state index >= 15 is 0 Å². The lowest BCUT2D eigenvalue weighted by Gasteiger charge is -2.01. The van der Waals surface area contributed by atoms with Crippen LogP contribution in [0.3, 0.4) is 0 Å². The molecule has 0 saturated heterocycles. The number of phenolic OH excluding ortho intramolecular Hbond substituents is 3. The van der Waals surface area contributed by atoms with Gasteiger partial charge in [-0.3, -0.25) is 4.99 Å². The van der Waals surface area contributed by atoms with Gasteiger partial charge in [-0.25, -0.2) is 0 Å². The number of hydrogen-bond acceptors (Lipinski definition) is 4. The smallest absolute Gasteiger partial charge is 0.141 e. The molecule has 0 unspecified atom stereocenters. The van der Waals surface area contributed by atoms with E-state index in [0.29, 0.717) is 5.69 Å². The molecular formula is C13H11NO3. The molecule has 0 bridgehead atoms. The molecule has 0 aliphatic heterocycles. The average Bonchev–Trinajstić information content (AvgIpc) is 2.30. The molecule has 3 N–H and O–H groups in total. The van der Waals surface area contributed by atoms with E-state index in [4.69, 9.17) is 0 Å². The van der Waals surface area contributed by atoms with Gasteiger partial charge in [0.1, 0.15) is 22.9 Å². The summed E-state index contributed by atoms with van der Waals surface area (Å²) in [5.41, 5.74) is 0.589. The number of hydrogen-bond donors (Lipinski definition) is 3. The van der Waals surface area contributed by atoms with Crippen LogP contribution in [-0.4, -0.2) is 21.5 Å². The number of phenols is 3. The zero-order valence-electron chi connectivity index (χ0n) is 8.91. The second kappa shape index (κ2) is 4.57. The molecule has 0 aromatic heterocycles. The molecule has 2 aromatic carbocycles. The van der Waals surface area contributed by atoms with Gasteiger partial charge in [0.05, 0.1) is 5.56 Å². The fourth-order valence-corrected chi connectivity index (χ4v) is 1.38. The summed E-state index contributed by atoms with van der Waals surface area (Å²) >= 11 is 0. The van der Waals surface area contributed by atoms with E-state index in [0.717, 1.165) is 0 Å². The molecule has 4 nitrogen and oxygen atoms in total. The summed E-state index contributed by atoms with van der Waals surface area (Å²) in [6, 6.07) is 11.0. The summed E-state index contributed by atoms with van der Waals surface area (Å²) in [6.07, 6.45) is 1.31. The SMILES string of the molecule is Oc1ccccc1/N=C/c1c(O)cccc1O. The standard InChI is InChI=1S/C13H11NO3/c15-11-6-3-7-12(16)9(11)8-14-10-4-1-2-5-13(10)17/h1-8,15-17H/b14-8+. The Kier molecular flexibility index (Phi) is 2.96. The van der Waals surface area contributed by atoms with E-state index in [1.807, 2.05) is 0 Å². The molecule has 0 saturated carbocycles. The first-order valence-electron chi connectivity index (χ1n) is 5.01. The predicted molar refractivity (Wildman–Crippen MR) is 65.1 cm³/mol. The van der Waals surface area contributed by atoms with E-state index in [1.165, 1.54) is 30.5 Å². The van der Waals surface area contributed by atoms with Crippen LogP contribution in [0.5, 0.6) is 17.2 Å². The topological polar surface area (TPSA) is 73.1 Å². The van der Waals surface area contributed by atoms with Crippen molar-refractivity contribution in [2.75, 3.05) is 0 Å². The van der Waals surface area contributed by atoms with Crippen molar-refractivity contribution in [3.05, 3.63) is 48.0 Å². The van der Waals surface area contributed by atoms with Crippen molar-refractivity contribution in [2.45, 2.75) is 0 Å². The van der Waals surface area contributed by atoms with Gasteiger partial charge in [0.15, 0.2) is 0 Å². The number of para-hydroxylation sites is 2. The summed E-state index contributed by atoms with van der Waals surface area (Å²) < 4.78 is 0. The van der Waals surface area contributed by atoms with Crippen LogP contribution < -0.4 is 0 Å². The Labute approximate surface area is 98.1 Å². The van der Waals surface area contributed by atoms with Crippen molar-refractivity contribution in [1.82, 2.24) is 0 Å². The van der Waals surface area contributed by atoms with E-state index in [-0.39, 0.29) is 22.8 Å². The molecule has 4 heteroatoms. The lowest BCUT2D eigenvalue weighted by molar-refractivity contribution is 0.449. The molecule has 0 spiro atoms. The van der Waals surface area contributed by atoms with Crippen LogP contribution in [0.15, 0.2) is 47.5 Å². The fourth-order valence-electron chi connectivity index (χ4n) is 1.38. The van der Waals surface area contributed by atoms with E-state index < -0.39 is 0 Å². The minimum atomic E-state index is -0.0656. The van der Waals surface area contributed by atoms with Gasteiger partial charge in [-0.2, -0.15) is 0 Å². The maximum absolute atomic E-state index is 9.52. The van der Waals surface area contributed by atoms with E-state index in [9.17, 15) is 15.3 Å². The summed E-state index contributed by atoms with van der Waals surface area (Å²) in [7, 11) is 0. The van der Waals surface area contributed by atoms with Gasteiger partial charge in [0.2, 0.25) is 0 Å². The Bertz CT molecular complexity index is 544. The maximum atomic E-state index is 9.52. The van der Waals surface area contributed by atoms with Crippen LogP contribution in [-0.2, 0) is 0 Å². The van der Waals surface area contributed by atoms with E-state index in [2.05, 4.69) is 4.99 Å². The van der Waals surface area contributed by atoms with E-state index in [1.54, 1.807) is 18.2 Å². The Morgan fingerprint density at radius 1 is 0.765 bits per heavy atom. The molecule has 2 rings (SSSR count). The van der Waals surface area contributed by atoms with Gasteiger partial charge in [-0.15, -0.1) is 0 Å². The third-order valence-corrected chi connectivity index (χ3v) is 2.27. The van der Waals surface area contributed by atoms with Crippen molar-refractivity contribution in [3.63, 3.8) is 0 Å². The minimum absolute atomic E-state index is 0.0404. The van der Waals surface area contributed by atoms with Crippen LogP contribution in [0.1, 0.15) is 5.56 Å². The van der Waals surface area contributed by atoms with Crippen molar-refractivity contribution >= 4 is 11.9 Å². The maximum Gasteiger partial charge on any atom is 0.141 e. The summed E-state index contributed by atoms with van der Waals surface area (Å²) in [5, 5.41) is 28.5. The lowest BCUT2D eigenvalue weighted by atomic mass is 10.2. The van der Waals surface area contributed by atoms with Gasteiger partial charge in [-0.1, -0.05) is 18.2 Å². The number of aromatic hydroxyl groups is 3. The largest absolute Gasteiger partial charge is 0.507 e. The first-order valence-corrected chi connectivity index (χ1v) is 5.01. The van der Waals surface area contributed by atoms with Gasteiger partial charge < -0.3 is 15.3 Å². The van der Waals surface area contributed by atoms with Crippen LogP contribution >= 0.6 is 0 Å². The number of benzene rings is 2. The molecule has 0 heterocycles. The average molecular weight is 229 g/mol. The molecule has 17 heavy (non-hydrogen) atoms. The number of rotatable bonds is 2. The third-order valence-electron chi connectivity index (χ3n) is 2.27. The Hall–Kier alpha value is -2.49. The normalized spacial score (nSPS) is 10.8. The zero-order chi connectivity index (χ0) is 12.3. The first kappa shape index (κ1) is 11.0. The first-order chi connectivity index (χ1) is 8.18. The third kappa shape index (κ3) is 2.36. The molecule has 0 fully saturated rings. The lowest BCUT2D eigenvalue weighted by Crippen LogP contribution is -1.83. The van der Waals surface area contributed by atoms with Crippen LogP contribution in [0.2, 0.25) is 0 Å². The Morgan fingerprint density at radius 2 is 1.35 bits per heavy atom. The van der Waals surface area contributed by atoms with Crippen LogP contribution in [0.4, 0.5) is 5.69 Å². The second-order valence-corrected chi connectivity index (χ2v) is 3.46. The van der Waals surface area contributed by atoms with Gasteiger partial charge in [0.25, 0.3) is 0 Å². The number of aliphatic imine (C=N–C) groups is 1.